The third kappa shape index (κ3) is 5.03. The molecule has 120 valence electrons. The highest BCUT2D eigenvalue weighted by Crippen LogP contribution is 2.30. The molecular weight excluding hydrogens is 314 g/mol. The van der Waals surface area contributed by atoms with E-state index in [1.807, 2.05) is 30.3 Å². The van der Waals surface area contributed by atoms with Gasteiger partial charge in [-0.1, -0.05) is 30.3 Å². The molecule has 0 heterocycles. The van der Waals surface area contributed by atoms with Gasteiger partial charge in [-0.2, -0.15) is 0 Å². The molecule has 1 amide bonds. The van der Waals surface area contributed by atoms with Gasteiger partial charge in [-0.3, -0.25) is 9.59 Å². The van der Waals surface area contributed by atoms with Crippen LogP contribution in [0, 0.1) is 0 Å². The standard InChI is InChI=1S/C17H17NO4S/c1-22-14-9-7-13(8-10-14)18-17(21)16(23-11-15(19)20)12-5-3-2-4-6-12/h2-10,16H,11H2,1H3,(H,18,21)(H,19,20)/t16-/m0/s1. The molecule has 0 fully saturated rings. The van der Waals surface area contributed by atoms with Gasteiger partial charge in [0.25, 0.3) is 0 Å². The number of thioether (sulfide) groups is 1. The SMILES string of the molecule is COc1ccc(NC(=O)[C@@H](SCC(=O)O)c2ccccc2)cc1. The second-order valence-corrected chi connectivity index (χ2v) is 5.81. The molecular formula is C17H17NO4S. The number of hydrogen-bond donors (Lipinski definition) is 2. The van der Waals surface area contributed by atoms with E-state index in [0.717, 1.165) is 17.3 Å². The Morgan fingerprint density at radius 1 is 1.13 bits per heavy atom. The van der Waals surface area contributed by atoms with E-state index < -0.39 is 11.2 Å². The molecule has 0 unspecified atom stereocenters. The van der Waals surface area contributed by atoms with Crippen LogP contribution in [0.25, 0.3) is 0 Å². The molecule has 23 heavy (non-hydrogen) atoms. The number of carbonyl (C=O) groups excluding carboxylic acids is 1. The van der Waals surface area contributed by atoms with Crippen LogP contribution in [0.15, 0.2) is 54.6 Å². The van der Waals surface area contributed by atoms with Gasteiger partial charge in [-0.25, -0.2) is 0 Å². The van der Waals surface area contributed by atoms with Crippen molar-refractivity contribution >= 4 is 29.3 Å². The Balaban J connectivity index is 2.13. The Bertz CT molecular complexity index is 658. The van der Waals surface area contributed by atoms with Crippen LogP contribution in [0.4, 0.5) is 5.69 Å². The van der Waals surface area contributed by atoms with E-state index in [2.05, 4.69) is 5.32 Å². The first-order valence-corrected chi connectivity index (χ1v) is 7.98. The molecule has 0 saturated carbocycles. The topological polar surface area (TPSA) is 75.6 Å². The maximum Gasteiger partial charge on any atom is 0.313 e. The minimum atomic E-state index is -0.951. The van der Waals surface area contributed by atoms with Gasteiger partial charge >= 0.3 is 5.97 Å². The van der Waals surface area contributed by atoms with Gasteiger partial charge in [0, 0.05) is 5.69 Å². The zero-order valence-corrected chi connectivity index (χ0v) is 13.4. The molecule has 2 rings (SSSR count). The first-order valence-electron chi connectivity index (χ1n) is 6.93. The third-order valence-corrected chi connectivity index (χ3v) is 4.30. The minimum Gasteiger partial charge on any atom is -0.497 e. The lowest BCUT2D eigenvalue weighted by molar-refractivity contribution is -0.133. The summed E-state index contributed by atoms with van der Waals surface area (Å²) in [5, 5.41) is 11.1. The molecule has 5 nitrogen and oxygen atoms in total. The zero-order chi connectivity index (χ0) is 16.7. The average Bonchev–Trinajstić information content (AvgIpc) is 2.56. The van der Waals surface area contributed by atoms with Gasteiger partial charge in [0.05, 0.1) is 12.9 Å². The van der Waals surface area contributed by atoms with Gasteiger partial charge in [0.2, 0.25) is 5.91 Å². The largest absolute Gasteiger partial charge is 0.497 e. The smallest absolute Gasteiger partial charge is 0.313 e. The summed E-state index contributed by atoms with van der Waals surface area (Å²) in [5.41, 5.74) is 1.40. The summed E-state index contributed by atoms with van der Waals surface area (Å²) in [5.74, 6) is -0.654. The number of rotatable bonds is 7. The summed E-state index contributed by atoms with van der Waals surface area (Å²) in [6, 6.07) is 16.1. The van der Waals surface area contributed by atoms with Crippen LogP contribution < -0.4 is 10.1 Å². The number of aliphatic carboxylic acids is 1. The highest BCUT2D eigenvalue weighted by atomic mass is 32.2. The van der Waals surface area contributed by atoms with Crippen LogP contribution in [0.5, 0.6) is 5.75 Å². The summed E-state index contributed by atoms with van der Waals surface area (Å²) >= 11 is 1.08. The van der Waals surface area contributed by atoms with Gasteiger partial charge in [-0.05, 0) is 29.8 Å². The van der Waals surface area contributed by atoms with Crippen LogP contribution >= 0.6 is 11.8 Å². The molecule has 0 aliphatic heterocycles. The van der Waals surface area contributed by atoms with E-state index in [4.69, 9.17) is 9.84 Å². The lowest BCUT2D eigenvalue weighted by Gasteiger charge is -2.16. The first-order chi connectivity index (χ1) is 11.1. The van der Waals surface area contributed by atoms with E-state index in [1.54, 1.807) is 31.4 Å². The van der Waals surface area contributed by atoms with E-state index in [-0.39, 0.29) is 11.7 Å². The fraction of sp³-hybridized carbons (Fsp3) is 0.176. The minimum absolute atomic E-state index is 0.143. The van der Waals surface area contributed by atoms with Crippen LogP contribution in [0.3, 0.4) is 0 Å². The summed E-state index contributed by atoms with van der Waals surface area (Å²) in [6.45, 7) is 0. The predicted molar refractivity (Wildman–Crippen MR) is 90.9 cm³/mol. The molecule has 1 atom stereocenters. The van der Waals surface area contributed by atoms with E-state index in [9.17, 15) is 9.59 Å². The summed E-state index contributed by atoms with van der Waals surface area (Å²) in [4.78, 5) is 23.3. The van der Waals surface area contributed by atoms with E-state index >= 15 is 0 Å². The molecule has 0 spiro atoms. The summed E-state index contributed by atoms with van der Waals surface area (Å²) in [6.07, 6.45) is 0. The normalized spacial score (nSPS) is 11.5. The molecule has 0 bridgehead atoms. The second-order valence-electron chi connectivity index (χ2n) is 4.71. The van der Waals surface area contributed by atoms with Crippen LogP contribution in [0.2, 0.25) is 0 Å². The highest BCUT2D eigenvalue weighted by Gasteiger charge is 2.22. The fourth-order valence-corrected chi connectivity index (χ4v) is 2.86. The number of benzene rings is 2. The fourth-order valence-electron chi connectivity index (χ4n) is 1.99. The number of anilines is 1. The Kier molecular flexibility index (Phi) is 6.05. The molecule has 0 aliphatic rings. The number of carbonyl (C=O) groups is 2. The first kappa shape index (κ1) is 16.9. The van der Waals surface area contributed by atoms with Crippen molar-refractivity contribution in [3.05, 3.63) is 60.2 Å². The number of ether oxygens (including phenoxy) is 1. The number of carboxylic acid groups (broad SMARTS) is 1. The molecule has 0 aromatic heterocycles. The number of carboxylic acids is 1. The second kappa shape index (κ2) is 8.24. The molecule has 0 radical (unpaired) electrons. The Labute approximate surface area is 138 Å². The Morgan fingerprint density at radius 2 is 1.78 bits per heavy atom. The predicted octanol–water partition coefficient (Wildman–Crippen LogP) is 3.19. The third-order valence-electron chi connectivity index (χ3n) is 3.07. The van der Waals surface area contributed by atoms with E-state index in [0.29, 0.717) is 11.4 Å². The molecule has 0 aliphatic carbocycles. The highest BCUT2D eigenvalue weighted by molar-refractivity contribution is 8.00. The molecule has 6 heteroatoms. The van der Waals surface area contributed by atoms with Crippen LogP contribution in [-0.4, -0.2) is 29.8 Å². The number of amides is 1. The maximum absolute atomic E-state index is 12.5. The van der Waals surface area contributed by atoms with Crippen molar-refractivity contribution in [2.75, 3.05) is 18.2 Å². The Hall–Kier alpha value is -2.47. The number of hydrogen-bond acceptors (Lipinski definition) is 4. The van der Waals surface area contributed by atoms with Gasteiger partial charge in [0.15, 0.2) is 0 Å². The molecule has 2 aromatic carbocycles. The number of methoxy groups -OCH3 is 1. The maximum atomic E-state index is 12.5. The molecule has 2 aromatic rings. The Morgan fingerprint density at radius 3 is 2.35 bits per heavy atom. The van der Waals surface area contributed by atoms with Crippen molar-refractivity contribution in [2.45, 2.75) is 5.25 Å². The van der Waals surface area contributed by atoms with Crippen molar-refractivity contribution in [3.63, 3.8) is 0 Å². The number of nitrogens with one attached hydrogen (secondary N) is 1. The summed E-state index contributed by atoms with van der Waals surface area (Å²) < 4.78 is 5.07. The lowest BCUT2D eigenvalue weighted by Crippen LogP contribution is -2.20. The molecule has 0 saturated heterocycles. The van der Waals surface area contributed by atoms with Crippen LogP contribution in [-0.2, 0) is 9.59 Å². The molecule has 2 N–H and O–H groups in total. The zero-order valence-electron chi connectivity index (χ0n) is 12.6. The van der Waals surface area contributed by atoms with Gasteiger partial charge in [-0.15, -0.1) is 11.8 Å². The van der Waals surface area contributed by atoms with Gasteiger partial charge in [0.1, 0.15) is 11.0 Å². The van der Waals surface area contributed by atoms with E-state index in [1.165, 1.54) is 0 Å². The van der Waals surface area contributed by atoms with Crippen molar-refractivity contribution in [3.8, 4) is 5.75 Å². The van der Waals surface area contributed by atoms with Crippen LogP contribution in [0.1, 0.15) is 10.8 Å². The van der Waals surface area contributed by atoms with Crippen molar-refractivity contribution in [1.82, 2.24) is 0 Å². The lowest BCUT2D eigenvalue weighted by atomic mass is 10.1. The average molecular weight is 331 g/mol. The van der Waals surface area contributed by atoms with Crippen molar-refractivity contribution < 1.29 is 19.4 Å². The van der Waals surface area contributed by atoms with Gasteiger partial charge < -0.3 is 15.2 Å². The van der Waals surface area contributed by atoms with Crippen molar-refractivity contribution in [2.24, 2.45) is 0 Å². The monoisotopic (exact) mass is 331 g/mol. The summed E-state index contributed by atoms with van der Waals surface area (Å²) in [7, 11) is 1.57. The van der Waals surface area contributed by atoms with Crippen molar-refractivity contribution in [1.29, 1.82) is 0 Å². The quantitative estimate of drug-likeness (QED) is 0.815.